The SMILES string of the molecule is Nc1ccc(-c2cn3cccc(OCC(=O)N4CCCC4)c3n2)cc1. The van der Waals surface area contributed by atoms with Gasteiger partial charge in [0.05, 0.1) is 5.69 Å². The highest BCUT2D eigenvalue weighted by atomic mass is 16.5. The van der Waals surface area contributed by atoms with Crippen molar-refractivity contribution in [3.05, 3.63) is 48.8 Å². The molecule has 0 bridgehead atoms. The first-order valence-electron chi connectivity index (χ1n) is 8.45. The van der Waals surface area contributed by atoms with E-state index in [1.165, 1.54) is 0 Å². The summed E-state index contributed by atoms with van der Waals surface area (Å²) < 4.78 is 7.67. The predicted octanol–water partition coefficient (Wildman–Crippen LogP) is 2.58. The van der Waals surface area contributed by atoms with E-state index in [4.69, 9.17) is 10.5 Å². The van der Waals surface area contributed by atoms with Crippen molar-refractivity contribution in [1.29, 1.82) is 0 Å². The van der Waals surface area contributed by atoms with Crippen LogP contribution >= 0.6 is 0 Å². The highest BCUT2D eigenvalue weighted by Gasteiger charge is 2.19. The van der Waals surface area contributed by atoms with Crippen molar-refractivity contribution >= 4 is 17.2 Å². The summed E-state index contributed by atoms with van der Waals surface area (Å²) in [5.41, 5.74) is 8.98. The number of rotatable bonds is 4. The summed E-state index contributed by atoms with van der Waals surface area (Å²) >= 11 is 0. The third kappa shape index (κ3) is 3.15. The average Bonchev–Trinajstić information content (AvgIpc) is 3.30. The number of hydrogen-bond donors (Lipinski definition) is 1. The first-order chi connectivity index (χ1) is 12.2. The highest BCUT2D eigenvalue weighted by molar-refractivity contribution is 5.78. The van der Waals surface area contributed by atoms with Crippen molar-refractivity contribution in [1.82, 2.24) is 14.3 Å². The van der Waals surface area contributed by atoms with E-state index in [1.54, 1.807) is 0 Å². The minimum absolute atomic E-state index is 0.0322. The Hall–Kier alpha value is -3.02. The van der Waals surface area contributed by atoms with Crippen LogP contribution in [-0.4, -0.2) is 39.9 Å². The lowest BCUT2D eigenvalue weighted by Crippen LogP contribution is -2.32. The van der Waals surface area contributed by atoms with Crippen LogP contribution in [0.25, 0.3) is 16.9 Å². The summed E-state index contributed by atoms with van der Waals surface area (Å²) in [4.78, 5) is 18.7. The molecule has 2 aromatic heterocycles. The number of likely N-dealkylation sites (tertiary alicyclic amines) is 1. The van der Waals surface area contributed by atoms with Gasteiger partial charge in [-0.1, -0.05) is 12.1 Å². The molecule has 0 aliphatic carbocycles. The maximum Gasteiger partial charge on any atom is 0.260 e. The fraction of sp³-hybridized carbons (Fsp3) is 0.263. The Kier molecular flexibility index (Phi) is 4.01. The molecule has 25 heavy (non-hydrogen) atoms. The Labute approximate surface area is 145 Å². The molecule has 1 aliphatic heterocycles. The zero-order valence-electron chi connectivity index (χ0n) is 13.9. The molecule has 128 valence electrons. The molecule has 6 heteroatoms. The maximum absolute atomic E-state index is 12.2. The summed E-state index contributed by atoms with van der Waals surface area (Å²) in [5.74, 6) is 0.640. The van der Waals surface area contributed by atoms with Gasteiger partial charge in [-0.3, -0.25) is 4.79 Å². The summed E-state index contributed by atoms with van der Waals surface area (Å²) in [5, 5.41) is 0. The van der Waals surface area contributed by atoms with Crippen LogP contribution in [-0.2, 0) is 4.79 Å². The van der Waals surface area contributed by atoms with Crippen molar-refractivity contribution in [3.63, 3.8) is 0 Å². The molecule has 3 heterocycles. The molecule has 1 saturated heterocycles. The molecule has 0 saturated carbocycles. The molecule has 0 radical (unpaired) electrons. The fourth-order valence-electron chi connectivity index (χ4n) is 3.09. The molecule has 0 unspecified atom stereocenters. The number of nitrogens with two attached hydrogens (primary N) is 1. The van der Waals surface area contributed by atoms with Gasteiger partial charge in [0.25, 0.3) is 5.91 Å². The van der Waals surface area contributed by atoms with Gasteiger partial charge >= 0.3 is 0 Å². The minimum atomic E-state index is 0.0322. The van der Waals surface area contributed by atoms with E-state index in [0.29, 0.717) is 11.4 Å². The molecule has 4 rings (SSSR count). The number of anilines is 1. The van der Waals surface area contributed by atoms with E-state index in [-0.39, 0.29) is 12.5 Å². The lowest BCUT2D eigenvalue weighted by atomic mass is 10.1. The number of pyridine rings is 1. The summed E-state index contributed by atoms with van der Waals surface area (Å²) in [7, 11) is 0. The Morgan fingerprint density at radius 1 is 1.16 bits per heavy atom. The summed E-state index contributed by atoms with van der Waals surface area (Å²) in [6.45, 7) is 1.71. The molecular formula is C19H20N4O2. The van der Waals surface area contributed by atoms with Crippen LogP contribution < -0.4 is 10.5 Å². The van der Waals surface area contributed by atoms with E-state index >= 15 is 0 Å². The highest BCUT2D eigenvalue weighted by Crippen LogP contribution is 2.25. The van der Waals surface area contributed by atoms with Crippen molar-refractivity contribution in [3.8, 4) is 17.0 Å². The second-order valence-electron chi connectivity index (χ2n) is 6.23. The lowest BCUT2D eigenvalue weighted by Gasteiger charge is -2.15. The van der Waals surface area contributed by atoms with Crippen LogP contribution in [0, 0.1) is 0 Å². The normalized spacial score (nSPS) is 14.2. The van der Waals surface area contributed by atoms with Crippen LogP contribution in [0.5, 0.6) is 5.75 Å². The van der Waals surface area contributed by atoms with Gasteiger partial charge in [-0.2, -0.15) is 0 Å². The Morgan fingerprint density at radius 2 is 1.92 bits per heavy atom. The number of carbonyl (C=O) groups is 1. The number of carbonyl (C=O) groups excluding carboxylic acids is 1. The van der Waals surface area contributed by atoms with Crippen molar-refractivity contribution in [2.45, 2.75) is 12.8 Å². The standard InChI is InChI=1S/C19H20N4O2/c20-15-7-5-14(6-8-15)16-12-23-11-3-4-17(19(23)21-16)25-13-18(24)22-9-1-2-10-22/h3-8,11-12H,1-2,9-10,13,20H2. The smallest absolute Gasteiger partial charge is 0.260 e. The summed E-state index contributed by atoms with van der Waals surface area (Å²) in [6, 6.07) is 11.3. The number of benzene rings is 1. The third-order valence-electron chi connectivity index (χ3n) is 4.46. The molecule has 1 aromatic carbocycles. The number of nitrogen functional groups attached to an aromatic ring is 1. The number of fused-ring (bicyclic) bond motifs is 1. The topological polar surface area (TPSA) is 72.9 Å². The molecule has 0 atom stereocenters. The number of aromatic nitrogens is 2. The molecule has 3 aromatic rings. The number of hydrogen-bond acceptors (Lipinski definition) is 4. The van der Waals surface area contributed by atoms with Gasteiger partial charge in [0, 0.05) is 36.7 Å². The van der Waals surface area contributed by atoms with Crippen LogP contribution in [0.3, 0.4) is 0 Å². The van der Waals surface area contributed by atoms with E-state index < -0.39 is 0 Å². The van der Waals surface area contributed by atoms with E-state index in [9.17, 15) is 4.79 Å². The van der Waals surface area contributed by atoms with E-state index in [0.717, 1.165) is 42.9 Å². The number of nitrogens with zero attached hydrogens (tertiary/aromatic N) is 3. The van der Waals surface area contributed by atoms with Crippen LogP contribution in [0.1, 0.15) is 12.8 Å². The largest absolute Gasteiger partial charge is 0.480 e. The predicted molar refractivity (Wildman–Crippen MR) is 96.3 cm³/mol. The minimum Gasteiger partial charge on any atom is -0.480 e. The van der Waals surface area contributed by atoms with Gasteiger partial charge in [-0.25, -0.2) is 4.98 Å². The quantitative estimate of drug-likeness (QED) is 0.743. The summed E-state index contributed by atoms with van der Waals surface area (Å²) in [6.07, 6.45) is 6.01. The van der Waals surface area contributed by atoms with Gasteiger partial charge in [0.1, 0.15) is 0 Å². The van der Waals surface area contributed by atoms with Gasteiger partial charge in [0.15, 0.2) is 18.0 Å². The monoisotopic (exact) mass is 336 g/mol. The van der Waals surface area contributed by atoms with E-state index in [1.807, 2.05) is 58.1 Å². The maximum atomic E-state index is 12.2. The number of amides is 1. The van der Waals surface area contributed by atoms with Crippen LogP contribution in [0.4, 0.5) is 5.69 Å². The second kappa shape index (κ2) is 6.47. The van der Waals surface area contributed by atoms with E-state index in [2.05, 4.69) is 4.98 Å². The van der Waals surface area contributed by atoms with Crippen molar-refractivity contribution in [2.75, 3.05) is 25.4 Å². The van der Waals surface area contributed by atoms with Crippen molar-refractivity contribution < 1.29 is 9.53 Å². The van der Waals surface area contributed by atoms with Crippen molar-refractivity contribution in [2.24, 2.45) is 0 Å². The molecule has 2 N–H and O–H groups in total. The number of ether oxygens (including phenoxy) is 1. The van der Waals surface area contributed by atoms with Gasteiger partial charge < -0.3 is 19.8 Å². The Balaban J connectivity index is 1.57. The van der Waals surface area contributed by atoms with Crippen LogP contribution in [0.2, 0.25) is 0 Å². The Bertz CT molecular complexity index is 895. The number of imidazole rings is 1. The third-order valence-corrected chi connectivity index (χ3v) is 4.46. The lowest BCUT2D eigenvalue weighted by molar-refractivity contribution is -0.132. The first kappa shape index (κ1) is 15.5. The average molecular weight is 336 g/mol. The zero-order chi connectivity index (χ0) is 17.2. The molecular weight excluding hydrogens is 316 g/mol. The van der Waals surface area contributed by atoms with Gasteiger partial charge in [-0.15, -0.1) is 0 Å². The van der Waals surface area contributed by atoms with Gasteiger partial charge in [-0.05, 0) is 37.1 Å². The zero-order valence-corrected chi connectivity index (χ0v) is 13.9. The van der Waals surface area contributed by atoms with Gasteiger partial charge in [0.2, 0.25) is 0 Å². The Morgan fingerprint density at radius 3 is 2.68 bits per heavy atom. The van der Waals surface area contributed by atoms with Crippen LogP contribution in [0.15, 0.2) is 48.8 Å². The molecule has 1 amide bonds. The molecule has 1 fully saturated rings. The molecule has 1 aliphatic rings. The fourth-order valence-corrected chi connectivity index (χ4v) is 3.09. The molecule has 0 spiro atoms. The second-order valence-corrected chi connectivity index (χ2v) is 6.23. The first-order valence-corrected chi connectivity index (χ1v) is 8.45. The molecule has 6 nitrogen and oxygen atoms in total.